The van der Waals surface area contributed by atoms with Gasteiger partial charge in [0.15, 0.2) is 0 Å². The first kappa shape index (κ1) is 99.2. The van der Waals surface area contributed by atoms with Crippen LogP contribution in [0.2, 0.25) is 0 Å². The Morgan fingerprint density at radius 1 is 0.147 bits per heavy atom. The molecule has 15 rings (SSSR count). The molecule has 12 aromatic carbocycles. The smallest absolute Gasteiger partial charge is 0.126 e. The first-order chi connectivity index (χ1) is 66.5. The minimum atomic E-state index is -0.597. The molecule has 0 aromatic heterocycles. The van der Waals surface area contributed by atoms with E-state index in [-0.39, 0.29) is 0 Å². The van der Waals surface area contributed by atoms with Gasteiger partial charge in [0.05, 0.1) is 42.7 Å². The van der Waals surface area contributed by atoms with Crippen molar-refractivity contribution < 1.29 is 46.0 Å². The Bertz CT molecular complexity index is 5030. The lowest BCUT2D eigenvalue weighted by atomic mass is 10.0. The lowest BCUT2D eigenvalue weighted by molar-refractivity contribution is 0.122. The van der Waals surface area contributed by atoms with Crippen molar-refractivity contribution in [1.82, 2.24) is 58.8 Å². The summed E-state index contributed by atoms with van der Waals surface area (Å²) in [6.07, 6.45) is 0. The molecule has 3 saturated heterocycles. The van der Waals surface area contributed by atoms with Gasteiger partial charge in [-0.1, -0.05) is 170 Å². The second-order valence-electron chi connectivity index (χ2n) is 36.7. The topological polar surface area (TPSA) is 94.3 Å². The Balaban J connectivity index is 0.610. The second kappa shape index (κ2) is 51.2. The molecule has 3 aliphatic rings. The van der Waals surface area contributed by atoms with Crippen molar-refractivity contribution in [3.8, 4) is 56.8 Å². The van der Waals surface area contributed by atoms with Crippen LogP contribution in [0.1, 0.15) is 66.8 Å². The Labute approximate surface area is 804 Å². The zero-order valence-corrected chi connectivity index (χ0v) is 80.3. The fourth-order valence-electron chi connectivity index (χ4n) is 18.7. The molecule has 0 atom stereocenters. The van der Waals surface area contributed by atoms with Crippen molar-refractivity contribution >= 4 is 0 Å². The molecule has 0 radical (unpaired) electrons. The number of hydrogen-bond acceptors (Lipinski definition) is 18. The number of nitrogens with zero attached hydrogens (tertiary/aromatic N) is 12. The van der Waals surface area contributed by atoms with E-state index in [0.717, 1.165) is 237 Å². The molecule has 0 unspecified atom stereocenters. The minimum Gasteiger partial charge on any atom is -0.497 e. The van der Waals surface area contributed by atoms with Crippen molar-refractivity contribution in [1.29, 1.82) is 0 Å². The molecule has 3 aliphatic heterocycles. The normalized spacial score (nSPS) is 16.8. The summed E-state index contributed by atoms with van der Waals surface area (Å²) in [6, 6.07) is 94.6. The summed E-state index contributed by atoms with van der Waals surface area (Å²) in [7, 11) is 10.3. The number of halogens is 4. The summed E-state index contributed by atoms with van der Waals surface area (Å²) in [4.78, 5) is 30.5. The molecule has 0 spiro atoms. The summed E-state index contributed by atoms with van der Waals surface area (Å²) in [5.74, 6) is 2.75. The number of hydrogen-bond donors (Lipinski definition) is 0. The van der Waals surface area contributed by atoms with E-state index in [0.29, 0.717) is 89.7 Å². The van der Waals surface area contributed by atoms with Gasteiger partial charge in [0.1, 0.15) is 57.8 Å². The van der Waals surface area contributed by atoms with Gasteiger partial charge in [0.2, 0.25) is 0 Å². The highest BCUT2D eigenvalue weighted by Gasteiger charge is 2.25. The van der Waals surface area contributed by atoms with E-state index < -0.39 is 23.3 Å². The van der Waals surface area contributed by atoms with Gasteiger partial charge >= 0.3 is 0 Å². The lowest BCUT2D eigenvalue weighted by Crippen LogP contribution is -2.45. The predicted octanol–water partition coefficient (Wildman–Crippen LogP) is 18.6. The molecule has 0 N–H and O–H groups in total. The largest absolute Gasteiger partial charge is 0.497 e. The van der Waals surface area contributed by atoms with Crippen molar-refractivity contribution in [3.63, 3.8) is 0 Å². The molecule has 0 amide bonds. The maximum Gasteiger partial charge on any atom is 0.126 e. The number of methoxy groups -OCH3 is 6. The molecule has 0 saturated carbocycles. The molecule has 0 aliphatic carbocycles. The predicted molar refractivity (Wildman–Crippen MR) is 538 cm³/mol. The maximum absolute atomic E-state index is 15.1. The average molecular weight is 1850 g/mol. The summed E-state index contributed by atoms with van der Waals surface area (Å²) in [6.45, 7) is 28.3. The number of rotatable bonds is 32. The van der Waals surface area contributed by atoms with Crippen LogP contribution in [0, 0.1) is 23.3 Å². The fourth-order valence-corrected chi connectivity index (χ4v) is 18.7. The van der Waals surface area contributed by atoms with Crippen LogP contribution in [0.3, 0.4) is 0 Å². The zero-order chi connectivity index (χ0) is 94.2. The molecule has 12 aromatic rings. The van der Waals surface area contributed by atoms with E-state index in [9.17, 15) is 0 Å². The molecule has 716 valence electrons. The quantitative estimate of drug-likeness (QED) is 0.0374. The summed E-state index contributed by atoms with van der Waals surface area (Å²) >= 11 is 0. The molecular weight excluding hydrogens is 1710 g/mol. The van der Waals surface area contributed by atoms with Crippen molar-refractivity contribution in [2.45, 2.75) is 78.5 Å². The highest BCUT2D eigenvalue weighted by atomic mass is 19.1. The van der Waals surface area contributed by atoms with Crippen LogP contribution in [0.25, 0.3) is 22.3 Å². The van der Waals surface area contributed by atoms with Gasteiger partial charge in [-0.3, -0.25) is 58.8 Å². The standard InChI is InChI=1S/C114H136F4N12O6/c1-131-109-35-15-93(16-36-109)81-123-51-47-119(48-52-124(82-94-17-37-110(132-2)38-18-94)56-60-127(59-55-123)85-97-23-43-113(135-5)44-24-97)77-89-7-27-101(28-8-89)103-31-11-91(12-32-103)79-121-63-67-129(87-99-71-105(115)75-106(116)72-99)69-65-122(66-70-130(68-64-121)88-100-73-107(117)76-108(118)74-100)80-92-13-33-104(34-14-92)102-29-9-90(10-30-102)78-120-49-53-125(83-95-19-39-111(133-3)40-20-95)57-61-128(86-98-25-45-114(136-6)46-26-98)62-58-126(54-50-120)84-96-21-41-112(134-4)42-22-96/h7-46,71-76H,47-70,77-88H2,1-6H3. The summed E-state index contributed by atoms with van der Waals surface area (Å²) < 4.78 is 93.7. The van der Waals surface area contributed by atoms with Gasteiger partial charge in [-0.25, -0.2) is 17.6 Å². The molecular formula is C114H136F4N12O6. The SMILES string of the molecule is COc1ccc(CN2CCN(Cc3ccc(OC)cc3)CCN(Cc3ccc(-c4ccc(CN5CCN(Cc6cc(F)cc(F)c6)CCN(Cc6ccc(-c7ccc(CN8CCN(Cc9ccc(OC)cc9)CCN(Cc9ccc(OC)cc9)CCN(Cc9ccc(OC)cc9)CC8)cc7)cc6)CCN(Cc6cc(F)cc(F)c6)CC5)cc4)cc3)CCN(Cc3ccc(OC)cc3)CC2)cc1. The van der Waals surface area contributed by atoms with Gasteiger partial charge in [0.25, 0.3) is 0 Å². The second-order valence-corrected chi connectivity index (χ2v) is 36.7. The molecule has 3 heterocycles. The summed E-state index contributed by atoms with van der Waals surface area (Å²) in [5.41, 5.74) is 18.1. The lowest BCUT2D eigenvalue weighted by Gasteiger charge is -2.34. The summed E-state index contributed by atoms with van der Waals surface area (Å²) in [5, 5.41) is 0. The first-order valence-electron chi connectivity index (χ1n) is 48.2. The van der Waals surface area contributed by atoms with E-state index >= 15 is 17.6 Å². The van der Waals surface area contributed by atoms with Gasteiger partial charge in [0, 0.05) is 248 Å². The van der Waals surface area contributed by atoms with Crippen LogP contribution in [-0.4, -0.2) is 259 Å². The van der Waals surface area contributed by atoms with Crippen LogP contribution in [0.15, 0.2) is 279 Å². The Morgan fingerprint density at radius 3 is 0.360 bits per heavy atom. The van der Waals surface area contributed by atoms with Gasteiger partial charge in [-0.05, 0) is 186 Å². The minimum absolute atomic E-state index is 0.366. The van der Waals surface area contributed by atoms with Crippen LogP contribution in [0.5, 0.6) is 34.5 Å². The fraction of sp³-hybridized carbons (Fsp3) is 0.368. The Kier molecular flexibility index (Phi) is 37.3. The van der Waals surface area contributed by atoms with Crippen LogP contribution in [0.4, 0.5) is 17.6 Å². The average Bonchev–Trinajstić information content (AvgIpc) is 0.839. The van der Waals surface area contributed by atoms with E-state index in [4.69, 9.17) is 28.4 Å². The maximum atomic E-state index is 15.1. The van der Waals surface area contributed by atoms with Crippen LogP contribution in [-0.2, 0) is 78.5 Å². The van der Waals surface area contributed by atoms with Crippen LogP contribution < -0.4 is 28.4 Å². The molecule has 0 bridgehead atoms. The molecule has 22 heteroatoms. The van der Waals surface area contributed by atoms with Crippen molar-refractivity contribution in [2.75, 3.05) is 200 Å². The highest BCUT2D eigenvalue weighted by molar-refractivity contribution is 5.65. The molecule has 18 nitrogen and oxygen atoms in total. The number of benzene rings is 12. The van der Waals surface area contributed by atoms with E-state index in [1.165, 1.54) is 68.8 Å². The Hall–Kier alpha value is -11.3. The van der Waals surface area contributed by atoms with Gasteiger partial charge in [-0.2, -0.15) is 0 Å². The molecule has 136 heavy (non-hydrogen) atoms. The third kappa shape index (κ3) is 31.4. The van der Waals surface area contributed by atoms with Gasteiger partial charge in [-0.15, -0.1) is 0 Å². The monoisotopic (exact) mass is 1850 g/mol. The van der Waals surface area contributed by atoms with Crippen molar-refractivity contribution in [2.24, 2.45) is 0 Å². The van der Waals surface area contributed by atoms with Crippen LogP contribution >= 0.6 is 0 Å². The van der Waals surface area contributed by atoms with E-state index in [1.54, 1.807) is 42.7 Å². The van der Waals surface area contributed by atoms with E-state index in [2.05, 4.69) is 301 Å². The van der Waals surface area contributed by atoms with E-state index in [1.807, 2.05) is 0 Å². The molecule has 3 fully saturated rings. The third-order valence-electron chi connectivity index (χ3n) is 26.9. The van der Waals surface area contributed by atoms with Crippen molar-refractivity contribution in [3.05, 3.63) is 369 Å². The first-order valence-corrected chi connectivity index (χ1v) is 48.2. The Morgan fingerprint density at radius 2 is 0.250 bits per heavy atom. The number of ether oxygens (including phenoxy) is 6. The van der Waals surface area contributed by atoms with Gasteiger partial charge < -0.3 is 28.4 Å². The highest BCUT2D eigenvalue weighted by Crippen LogP contribution is 2.29. The third-order valence-corrected chi connectivity index (χ3v) is 26.9. The zero-order valence-electron chi connectivity index (χ0n) is 80.3.